The minimum atomic E-state index is -0.454. The third-order valence-electron chi connectivity index (χ3n) is 5.04. The molecule has 0 saturated heterocycles. The van der Waals surface area contributed by atoms with E-state index in [9.17, 15) is 9.18 Å². The Morgan fingerprint density at radius 1 is 1.10 bits per heavy atom. The molecule has 1 atom stereocenters. The fourth-order valence-electron chi connectivity index (χ4n) is 3.27. The lowest BCUT2D eigenvalue weighted by Gasteiger charge is -2.25. The summed E-state index contributed by atoms with van der Waals surface area (Å²) < 4.78 is 20.2. The van der Waals surface area contributed by atoms with Gasteiger partial charge in [-0.05, 0) is 25.1 Å². The lowest BCUT2D eigenvalue weighted by Crippen LogP contribution is -2.30. The van der Waals surface area contributed by atoms with E-state index in [4.69, 9.17) is 4.42 Å². The predicted octanol–water partition coefficient (Wildman–Crippen LogP) is 5.49. The first-order valence-corrected chi connectivity index (χ1v) is 10.5. The minimum Gasteiger partial charge on any atom is -0.451 e. The standard InChI is InChI=1S/C23H20FN3O2S/c1-15(16-8-3-5-10-19(16)24)27(2)22(28)21-18(14-30-23-25-12-7-13-26-23)17-9-4-6-11-20(17)29-21/h3-13,15H,14H2,1-2H3. The number of hydrogen-bond donors (Lipinski definition) is 0. The summed E-state index contributed by atoms with van der Waals surface area (Å²) in [5, 5.41) is 1.49. The fraction of sp³-hybridized carbons (Fsp3) is 0.174. The van der Waals surface area contributed by atoms with Crippen molar-refractivity contribution in [2.75, 3.05) is 7.05 Å². The molecule has 0 spiro atoms. The molecule has 0 radical (unpaired) electrons. The Kier molecular flexibility index (Phi) is 5.81. The Bertz CT molecular complexity index is 1180. The second-order valence-electron chi connectivity index (χ2n) is 6.84. The predicted molar refractivity (Wildman–Crippen MR) is 115 cm³/mol. The van der Waals surface area contributed by atoms with Gasteiger partial charge in [0.25, 0.3) is 5.91 Å². The second-order valence-corrected chi connectivity index (χ2v) is 7.78. The normalized spacial score (nSPS) is 12.1. The van der Waals surface area contributed by atoms with Crippen molar-refractivity contribution < 1.29 is 13.6 Å². The van der Waals surface area contributed by atoms with Crippen molar-refractivity contribution in [2.45, 2.75) is 23.9 Å². The minimum absolute atomic E-state index is 0.255. The Balaban J connectivity index is 1.67. The number of para-hydroxylation sites is 1. The maximum Gasteiger partial charge on any atom is 0.290 e. The average Bonchev–Trinajstić information content (AvgIpc) is 3.16. The molecule has 2 aromatic carbocycles. The van der Waals surface area contributed by atoms with Gasteiger partial charge in [0.2, 0.25) is 0 Å². The van der Waals surface area contributed by atoms with Crippen LogP contribution in [0.5, 0.6) is 0 Å². The summed E-state index contributed by atoms with van der Waals surface area (Å²) >= 11 is 1.43. The van der Waals surface area contributed by atoms with Crippen LogP contribution in [0.15, 0.2) is 76.6 Å². The second kappa shape index (κ2) is 8.67. The Labute approximate surface area is 177 Å². The molecule has 0 fully saturated rings. The van der Waals surface area contributed by atoms with Gasteiger partial charge in [0.05, 0.1) is 6.04 Å². The Morgan fingerprint density at radius 2 is 1.80 bits per heavy atom. The molecule has 5 nitrogen and oxygen atoms in total. The van der Waals surface area contributed by atoms with Gasteiger partial charge < -0.3 is 9.32 Å². The van der Waals surface area contributed by atoms with Gasteiger partial charge in [-0.25, -0.2) is 14.4 Å². The van der Waals surface area contributed by atoms with Crippen molar-refractivity contribution in [1.29, 1.82) is 0 Å². The highest BCUT2D eigenvalue weighted by Gasteiger charge is 2.27. The van der Waals surface area contributed by atoms with Gasteiger partial charge in [-0.15, -0.1) is 0 Å². The van der Waals surface area contributed by atoms with Crippen LogP contribution in [0.1, 0.15) is 34.6 Å². The molecule has 0 aliphatic carbocycles. The van der Waals surface area contributed by atoms with Crippen LogP contribution in [0.3, 0.4) is 0 Å². The van der Waals surface area contributed by atoms with Crippen molar-refractivity contribution in [3.05, 3.63) is 89.7 Å². The molecule has 4 aromatic rings. The van der Waals surface area contributed by atoms with E-state index in [1.54, 1.807) is 50.6 Å². The molecule has 0 N–H and O–H groups in total. The summed E-state index contributed by atoms with van der Waals surface area (Å²) in [5.41, 5.74) is 1.87. The first kappa shape index (κ1) is 20.1. The molecule has 0 saturated carbocycles. The summed E-state index contributed by atoms with van der Waals surface area (Å²) in [6.07, 6.45) is 3.36. The number of fused-ring (bicyclic) bond motifs is 1. The van der Waals surface area contributed by atoms with E-state index in [-0.39, 0.29) is 17.5 Å². The molecule has 152 valence electrons. The number of halogens is 1. The maximum absolute atomic E-state index is 14.2. The van der Waals surface area contributed by atoms with Crippen LogP contribution in [-0.2, 0) is 5.75 Å². The van der Waals surface area contributed by atoms with E-state index >= 15 is 0 Å². The largest absolute Gasteiger partial charge is 0.451 e. The SMILES string of the molecule is CC(c1ccccc1F)N(C)C(=O)c1oc2ccccc2c1CSc1ncccn1. The van der Waals surface area contributed by atoms with Crippen LogP contribution in [-0.4, -0.2) is 27.8 Å². The van der Waals surface area contributed by atoms with Crippen LogP contribution in [0.25, 0.3) is 11.0 Å². The number of carbonyl (C=O) groups is 1. The van der Waals surface area contributed by atoms with Gasteiger partial charge in [-0.1, -0.05) is 48.2 Å². The third kappa shape index (κ3) is 3.93. The van der Waals surface area contributed by atoms with Gasteiger partial charge in [-0.2, -0.15) is 0 Å². The first-order valence-electron chi connectivity index (χ1n) is 9.48. The summed E-state index contributed by atoms with van der Waals surface area (Å²) in [4.78, 5) is 23.3. The summed E-state index contributed by atoms with van der Waals surface area (Å²) in [5.74, 6) is 0.0902. The number of furan rings is 1. The monoisotopic (exact) mass is 421 g/mol. The number of nitrogens with zero attached hydrogens (tertiary/aromatic N) is 3. The molecule has 1 amide bonds. The zero-order chi connectivity index (χ0) is 21.1. The van der Waals surface area contributed by atoms with Crippen LogP contribution in [0.4, 0.5) is 4.39 Å². The van der Waals surface area contributed by atoms with Crippen molar-refractivity contribution in [2.24, 2.45) is 0 Å². The van der Waals surface area contributed by atoms with Gasteiger partial charge in [-0.3, -0.25) is 4.79 Å². The highest BCUT2D eigenvalue weighted by molar-refractivity contribution is 7.98. The van der Waals surface area contributed by atoms with Crippen LogP contribution < -0.4 is 0 Å². The van der Waals surface area contributed by atoms with Gasteiger partial charge in [0, 0.05) is 41.7 Å². The molecule has 2 aromatic heterocycles. The molecular formula is C23H20FN3O2S. The number of aromatic nitrogens is 2. The molecule has 4 rings (SSSR count). The number of carbonyl (C=O) groups excluding carboxylic acids is 1. The molecule has 2 heterocycles. The molecule has 7 heteroatoms. The summed E-state index contributed by atoms with van der Waals surface area (Å²) in [6, 6.07) is 15.3. The molecule has 0 aliphatic rings. The summed E-state index contributed by atoms with van der Waals surface area (Å²) in [7, 11) is 1.66. The highest BCUT2D eigenvalue weighted by atomic mass is 32.2. The number of benzene rings is 2. The van der Waals surface area contributed by atoms with Crippen molar-refractivity contribution >= 4 is 28.6 Å². The fourth-order valence-corrected chi connectivity index (χ4v) is 4.10. The van der Waals surface area contributed by atoms with Gasteiger partial charge in [0.1, 0.15) is 11.4 Å². The van der Waals surface area contributed by atoms with E-state index < -0.39 is 6.04 Å². The lowest BCUT2D eigenvalue weighted by molar-refractivity contribution is 0.0709. The third-order valence-corrected chi connectivity index (χ3v) is 5.94. The topological polar surface area (TPSA) is 59.2 Å². The quantitative estimate of drug-likeness (QED) is 0.304. The maximum atomic E-state index is 14.2. The zero-order valence-corrected chi connectivity index (χ0v) is 17.4. The number of hydrogen-bond acceptors (Lipinski definition) is 5. The van der Waals surface area contributed by atoms with Crippen molar-refractivity contribution in [3.63, 3.8) is 0 Å². The highest BCUT2D eigenvalue weighted by Crippen LogP contribution is 2.33. The molecule has 30 heavy (non-hydrogen) atoms. The van der Waals surface area contributed by atoms with E-state index in [0.717, 1.165) is 10.9 Å². The molecule has 1 unspecified atom stereocenters. The van der Waals surface area contributed by atoms with Crippen molar-refractivity contribution in [3.8, 4) is 0 Å². The molecule has 0 bridgehead atoms. The average molecular weight is 421 g/mol. The smallest absolute Gasteiger partial charge is 0.290 e. The van der Waals surface area contributed by atoms with Crippen LogP contribution in [0.2, 0.25) is 0 Å². The lowest BCUT2D eigenvalue weighted by atomic mass is 10.1. The van der Waals surface area contributed by atoms with E-state index in [2.05, 4.69) is 9.97 Å². The summed E-state index contributed by atoms with van der Waals surface area (Å²) in [6.45, 7) is 1.80. The number of rotatable bonds is 6. The Morgan fingerprint density at radius 3 is 2.57 bits per heavy atom. The first-order chi connectivity index (χ1) is 14.6. The van der Waals surface area contributed by atoms with Crippen LogP contribution in [0, 0.1) is 5.82 Å². The van der Waals surface area contributed by atoms with E-state index in [0.29, 0.717) is 22.1 Å². The Hall–Kier alpha value is -3.19. The van der Waals surface area contributed by atoms with E-state index in [1.807, 2.05) is 24.3 Å². The molecule has 0 aliphatic heterocycles. The zero-order valence-electron chi connectivity index (χ0n) is 16.6. The van der Waals surface area contributed by atoms with Gasteiger partial charge in [0.15, 0.2) is 10.9 Å². The van der Waals surface area contributed by atoms with E-state index in [1.165, 1.54) is 22.7 Å². The number of thioether (sulfide) groups is 1. The number of amides is 1. The van der Waals surface area contributed by atoms with Crippen molar-refractivity contribution in [1.82, 2.24) is 14.9 Å². The van der Waals surface area contributed by atoms with Crippen LogP contribution >= 0.6 is 11.8 Å². The molecular weight excluding hydrogens is 401 g/mol. The van der Waals surface area contributed by atoms with Gasteiger partial charge >= 0.3 is 0 Å².